The maximum atomic E-state index is 13.1. The SMILES string of the molecule is C=CC1(C(=O)N(CC)c2cnc(C)nc2)CCC=CCC1.C=O.[HH]. The predicted octanol–water partition coefficient (Wildman–Crippen LogP) is 3.50. The van der Waals surface area contributed by atoms with Crippen LogP contribution >= 0.6 is 0 Å². The van der Waals surface area contributed by atoms with Crippen molar-refractivity contribution in [3.63, 3.8) is 0 Å². The van der Waals surface area contributed by atoms with Crippen molar-refractivity contribution in [2.45, 2.75) is 39.5 Å². The van der Waals surface area contributed by atoms with E-state index in [0.717, 1.165) is 31.4 Å². The van der Waals surface area contributed by atoms with Gasteiger partial charge in [-0.05, 0) is 39.5 Å². The van der Waals surface area contributed by atoms with Gasteiger partial charge in [0.25, 0.3) is 0 Å². The molecule has 0 aliphatic heterocycles. The third-order valence-corrected chi connectivity index (χ3v) is 4.14. The molecule has 126 valence electrons. The molecular formula is C18H27N3O2. The monoisotopic (exact) mass is 317 g/mol. The van der Waals surface area contributed by atoms with E-state index in [1.807, 2.05) is 26.7 Å². The normalized spacial score (nSPS) is 15.7. The van der Waals surface area contributed by atoms with E-state index >= 15 is 0 Å². The van der Waals surface area contributed by atoms with E-state index in [1.54, 1.807) is 17.3 Å². The summed E-state index contributed by atoms with van der Waals surface area (Å²) in [6.45, 7) is 10.4. The molecule has 0 unspecified atom stereocenters. The summed E-state index contributed by atoms with van der Waals surface area (Å²) in [5.74, 6) is 0.815. The fraction of sp³-hybridized carbons (Fsp3) is 0.444. The van der Waals surface area contributed by atoms with Crippen molar-refractivity contribution in [1.82, 2.24) is 9.97 Å². The molecule has 0 aromatic carbocycles. The Morgan fingerprint density at radius 1 is 1.30 bits per heavy atom. The summed E-state index contributed by atoms with van der Waals surface area (Å²) in [6.07, 6.45) is 13.0. The van der Waals surface area contributed by atoms with E-state index < -0.39 is 5.41 Å². The minimum Gasteiger partial charge on any atom is -0.309 e. The molecule has 1 aromatic rings. The first-order chi connectivity index (χ1) is 11.1. The Balaban J connectivity index is 0.00000170. The summed E-state index contributed by atoms with van der Waals surface area (Å²) in [7, 11) is 0. The smallest absolute Gasteiger partial charge is 0.237 e. The van der Waals surface area contributed by atoms with Gasteiger partial charge in [0.05, 0.1) is 23.5 Å². The van der Waals surface area contributed by atoms with Gasteiger partial charge in [0.15, 0.2) is 0 Å². The van der Waals surface area contributed by atoms with E-state index in [0.29, 0.717) is 12.4 Å². The maximum absolute atomic E-state index is 13.1. The number of nitrogens with zero attached hydrogens (tertiary/aromatic N) is 3. The molecule has 0 bridgehead atoms. The Kier molecular flexibility index (Phi) is 7.32. The van der Waals surface area contributed by atoms with Crippen molar-refractivity contribution in [2.75, 3.05) is 11.4 Å². The van der Waals surface area contributed by atoms with Crippen LogP contribution in [0.5, 0.6) is 0 Å². The van der Waals surface area contributed by atoms with Crippen LogP contribution in [0.3, 0.4) is 0 Å². The number of amides is 1. The first-order valence-electron chi connectivity index (χ1n) is 7.81. The van der Waals surface area contributed by atoms with Crippen molar-refractivity contribution >= 4 is 18.4 Å². The lowest BCUT2D eigenvalue weighted by molar-refractivity contribution is -0.126. The molecule has 1 aliphatic carbocycles. The Morgan fingerprint density at radius 2 is 1.83 bits per heavy atom. The minimum absolute atomic E-state index is 0. The third kappa shape index (κ3) is 4.34. The third-order valence-electron chi connectivity index (χ3n) is 4.14. The van der Waals surface area contributed by atoms with Gasteiger partial charge in [-0.2, -0.15) is 0 Å². The lowest BCUT2D eigenvalue weighted by Crippen LogP contribution is -2.43. The van der Waals surface area contributed by atoms with E-state index in [9.17, 15) is 4.79 Å². The van der Waals surface area contributed by atoms with Crippen molar-refractivity contribution in [1.29, 1.82) is 0 Å². The maximum Gasteiger partial charge on any atom is 0.237 e. The molecule has 1 amide bonds. The number of carbonyl (C=O) groups is 2. The Labute approximate surface area is 139 Å². The zero-order valence-electron chi connectivity index (χ0n) is 14.0. The van der Waals surface area contributed by atoms with Crippen LogP contribution in [0.25, 0.3) is 0 Å². The topological polar surface area (TPSA) is 63.2 Å². The fourth-order valence-corrected chi connectivity index (χ4v) is 2.79. The molecule has 1 aliphatic rings. The zero-order valence-corrected chi connectivity index (χ0v) is 14.0. The summed E-state index contributed by atoms with van der Waals surface area (Å²) in [5.41, 5.74) is 0.274. The highest BCUT2D eigenvalue weighted by atomic mass is 16.2. The highest BCUT2D eigenvalue weighted by Gasteiger charge is 2.38. The van der Waals surface area contributed by atoms with Crippen LogP contribution < -0.4 is 4.90 Å². The van der Waals surface area contributed by atoms with Crippen LogP contribution in [0.1, 0.15) is 39.9 Å². The summed E-state index contributed by atoms with van der Waals surface area (Å²) in [5, 5.41) is 0. The van der Waals surface area contributed by atoms with Crippen LogP contribution in [0.15, 0.2) is 37.2 Å². The van der Waals surface area contributed by atoms with Crippen LogP contribution in [0, 0.1) is 12.3 Å². The second-order valence-electron chi connectivity index (χ2n) is 5.45. The molecule has 0 saturated carbocycles. The predicted molar refractivity (Wildman–Crippen MR) is 94.3 cm³/mol. The van der Waals surface area contributed by atoms with Gasteiger partial charge in [-0.25, -0.2) is 9.97 Å². The zero-order chi connectivity index (χ0) is 17.3. The van der Waals surface area contributed by atoms with Crippen molar-refractivity contribution in [3.05, 3.63) is 43.0 Å². The van der Waals surface area contributed by atoms with Gasteiger partial charge in [-0.3, -0.25) is 4.79 Å². The standard InChI is InChI=1S/C17H23N3O.CH2O.H2/c1-4-17(10-8-6-7-9-11-17)16(21)20(5-2)15-12-18-14(3)19-13-15;1-2;/h4,6-7,12-13H,1,5,8-11H2,2-3H3;1H2;1H. The highest BCUT2D eigenvalue weighted by molar-refractivity contribution is 5.98. The molecule has 0 fully saturated rings. The van der Waals surface area contributed by atoms with Gasteiger partial charge in [-0.15, -0.1) is 6.58 Å². The summed E-state index contributed by atoms with van der Waals surface area (Å²) in [4.78, 5) is 31.3. The molecule has 2 rings (SSSR count). The van der Waals surface area contributed by atoms with Crippen LogP contribution in [-0.2, 0) is 9.59 Å². The number of hydrogen-bond acceptors (Lipinski definition) is 4. The second kappa shape index (κ2) is 8.98. The Bertz CT molecular complexity index is 548. The van der Waals surface area contributed by atoms with Crippen LogP contribution in [0.4, 0.5) is 5.69 Å². The second-order valence-corrected chi connectivity index (χ2v) is 5.45. The number of rotatable bonds is 4. The van der Waals surface area contributed by atoms with Gasteiger partial charge >= 0.3 is 0 Å². The number of aromatic nitrogens is 2. The van der Waals surface area contributed by atoms with Crippen LogP contribution in [0.2, 0.25) is 0 Å². The molecular weight excluding hydrogens is 290 g/mol. The summed E-state index contributed by atoms with van der Waals surface area (Å²) in [6, 6.07) is 0. The molecule has 0 spiro atoms. The number of hydrogen-bond donors (Lipinski definition) is 0. The largest absolute Gasteiger partial charge is 0.309 e. The molecule has 1 aromatic heterocycles. The van der Waals surface area contributed by atoms with Gasteiger partial charge < -0.3 is 9.69 Å². The Hall–Kier alpha value is -2.30. The molecule has 23 heavy (non-hydrogen) atoms. The van der Waals surface area contributed by atoms with E-state index in [4.69, 9.17) is 4.79 Å². The summed E-state index contributed by atoms with van der Waals surface area (Å²) < 4.78 is 0. The lowest BCUT2D eigenvalue weighted by atomic mass is 9.78. The first kappa shape index (κ1) is 18.7. The molecule has 0 N–H and O–H groups in total. The molecule has 0 atom stereocenters. The molecule has 1 heterocycles. The van der Waals surface area contributed by atoms with Crippen LogP contribution in [-0.4, -0.2) is 29.2 Å². The highest BCUT2D eigenvalue weighted by Crippen LogP contribution is 2.37. The molecule has 5 heteroatoms. The fourth-order valence-electron chi connectivity index (χ4n) is 2.79. The molecule has 5 nitrogen and oxygen atoms in total. The number of anilines is 1. The van der Waals surface area contributed by atoms with Crippen molar-refractivity contribution in [3.8, 4) is 0 Å². The van der Waals surface area contributed by atoms with Gasteiger partial charge in [0, 0.05) is 7.97 Å². The number of aryl methyl sites for hydroxylation is 1. The van der Waals surface area contributed by atoms with Gasteiger partial charge in [0.2, 0.25) is 5.91 Å². The minimum atomic E-state index is -0.482. The summed E-state index contributed by atoms with van der Waals surface area (Å²) >= 11 is 0. The number of allylic oxidation sites excluding steroid dienone is 2. The molecule has 0 saturated heterocycles. The Morgan fingerprint density at radius 3 is 2.26 bits per heavy atom. The first-order valence-corrected chi connectivity index (χ1v) is 7.81. The van der Waals surface area contributed by atoms with Crippen molar-refractivity contribution in [2.24, 2.45) is 5.41 Å². The van der Waals surface area contributed by atoms with E-state index in [-0.39, 0.29) is 7.33 Å². The van der Waals surface area contributed by atoms with Gasteiger partial charge in [-0.1, -0.05) is 18.2 Å². The average molecular weight is 317 g/mol. The lowest BCUT2D eigenvalue weighted by Gasteiger charge is -2.33. The van der Waals surface area contributed by atoms with E-state index in [1.165, 1.54) is 0 Å². The average Bonchev–Trinajstić information content (AvgIpc) is 2.85. The van der Waals surface area contributed by atoms with Gasteiger partial charge in [0.1, 0.15) is 12.6 Å². The number of carbonyl (C=O) groups excluding carboxylic acids is 2. The quantitative estimate of drug-likeness (QED) is 0.797. The van der Waals surface area contributed by atoms with Crippen molar-refractivity contribution < 1.29 is 11.0 Å². The van der Waals surface area contributed by atoms with E-state index in [2.05, 4.69) is 28.7 Å². The molecule has 0 radical (unpaired) electrons.